The highest BCUT2D eigenvalue weighted by Gasteiger charge is 2.36. The highest BCUT2D eigenvalue weighted by molar-refractivity contribution is 8.18. The number of amides is 3. The van der Waals surface area contributed by atoms with Crippen LogP contribution in [0.5, 0.6) is 5.75 Å². The van der Waals surface area contributed by atoms with Crippen LogP contribution in [0.4, 0.5) is 10.5 Å². The number of nitrogens with one attached hydrogen (secondary N) is 1. The van der Waals surface area contributed by atoms with Crippen LogP contribution in [0.1, 0.15) is 22.3 Å². The second-order valence-corrected chi connectivity index (χ2v) is 9.41. The Balaban J connectivity index is 1.37. The van der Waals surface area contributed by atoms with Gasteiger partial charge < -0.3 is 10.1 Å². The van der Waals surface area contributed by atoms with E-state index in [1.807, 2.05) is 50.2 Å². The SMILES string of the molecule is Cc1cccc(NC(=O)CN2C(=O)S/C(=C/c3ccc(OCc4ccccc4Cl)cc3)C2=O)c1C. The largest absolute Gasteiger partial charge is 0.489 e. The van der Waals surface area contributed by atoms with E-state index in [1.165, 1.54) is 0 Å². The van der Waals surface area contributed by atoms with Crippen molar-refractivity contribution in [3.8, 4) is 5.75 Å². The van der Waals surface area contributed by atoms with Crippen molar-refractivity contribution in [3.05, 3.63) is 98.9 Å². The van der Waals surface area contributed by atoms with Crippen molar-refractivity contribution in [2.45, 2.75) is 20.5 Å². The van der Waals surface area contributed by atoms with Crippen LogP contribution in [0, 0.1) is 13.8 Å². The predicted molar refractivity (Wildman–Crippen MR) is 139 cm³/mol. The van der Waals surface area contributed by atoms with Crippen molar-refractivity contribution in [2.24, 2.45) is 0 Å². The molecule has 1 heterocycles. The Morgan fingerprint density at radius 2 is 1.77 bits per heavy atom. The van der Waals surface area contributed by atoms with Crippen LogP contribution in [-0.2, 0) is 16.2 Å². The molecule has 0 spiro atoms. The van der Waals surface area contributed by atoms with E-state index in [9.17, 15) is 14.4 Å². The number of rotatable bonds is 7. The average molecular weight is 507 g/mol. The lowest BCUT2D eigenvalue weighted by atomic mass is 10.1. The van der Waals surface area contributed by atoms with E-state index < -0.39 is 17.1 Å². The van der Waals surface area contributed by atoms with Crippen molar-refractivity contribution in [2.75, 3.05) is 11.9 Å². The van der Waals surface area contributed by atoms with Crippen LogP contribution >= 0.6 is 23.4 Å². The fourth-order valence-corrected chi connectivity index (χ4v) is 4.47. The summed E-state index contributed by atoms with van der Waals surface area (Å²) < 4.78 is 5.78. The number of benzene rings is 3. The third-order valence-electron chi connectivity index (χ3n) is 5.58. The van der Waals surface area contributed by atoms with Gasteiger partial charge in [0.1, 0.15) is 18.9 Å². The monoisotopic (exact) mass is 506 g/mol. The van der Waals surface area contributed by atoms with Gasteiger partial charge in [0.05, 0.1) is 4.91 Å². The lowest BCUT2D eigenvalue weighted by Crippen LogP contribution is -2.36. The molecule has 0 aromatic heterocycles. The van der Waals surface area contributed by atoms with Gasteiger partial charge in [-0.05, 0) is 72.6 Å². The molecule has 1 N–H and O–H groups in total. The van der Waals surface area contributed by atoms with Crippen LogP contribution in [0.25, 0.3) is 6.08 Å². The Labute approximate surface area is 212 Å². The van der Waals surface area contributed by atoms with E-state index >= 15 is 0 Å². The van der Waals surface area contributed by atoms with E-state index in [0.717, 1.165) is 38.9 Å². The van der Waals surface area contributed by atoms with Crippen LogP contribution in [-0.4, -0.2) is 28.5 Å². The molecule has 1 fully saturated rings. The van der Waals surface area contributed by atoms with Gasteiger partial charge in [0.15, 0.2) is 0 Å². The van der Waals surface area contributed by atoms with Crippen molar-refractivity contribution in [1.29, 1.82) is 0 Å². The van der Waals surface area contributed by atoms with E-state index in [-0.39, 0.29) is 11.4 Å². The number of aryl methyl sites for hydroxylation is 1. The highest BCUT2D eigenvalue weighted by atomic mass is 35.5. The fraction of sp³-hybridized carbons (Fsp3) is 0.148. The van der Waals surface area contributed by atoms with Gasteiger partial charge in [0.25, 0.3) is 11.1 Å². The van der Waals surface area contributed by atoms with Gasteiger partial charge >= 0.3 is 0 Å². The average Bonchev–Trinajstić information content (AvgIpc) is 3.09. The zero-order valence-corrected chi connectivity index (χ0v) is 20.8. The Morgan fingerprint density at radius 1 is 1.03 bits per heavy atom. The first-order valence-corrected chi connectivity index (χ1v) is 12.1. The predicted octanol–water partition coefficient (Wildman–Crippen LogP) is 6.21. The molecule has 0 bridgehead atoms. The standard InChI is InChI=1S/C27H23ClN2O4S/c1-17-6-5-9-23(18(17)2)29-25(31)15-30-26(32)24(35-27(30)33)14-19-10-12-21(13-11-19)34-16-20-7-3-4-8-22(20)28/h3-14H,15-16H2,1-2H3,(H,29,31)/b24-14+. The molecule has 0 atom stereocenters. The number of ether oxygens (including phenoxy) is 1. The first kappa shape index (κ1) is 24.6. The molecule has 8 heteroatoms. The Morgan fingerprint density at radius 3 is 2.51 bits per heavy atom. The molecule has 3 aromatic carbocycles. The molecule has 0 unspecified atom stereocenters. The zero-order chi connectivity index (χ0) is 24.9. The van der Waals surface area contributed by atoms with Crippen LogP contribution in [0.15, 0.2) is 71.6 Å². The molecule has 0 radical (unpaired) electrons. The summed E-state index contributed by atoms with van der Waals surface area (Å²) >= 11 is 6.97. The topological polar surface area (TPSA) is 75.7 Å². The number of anilines is 1. The van der Waals surface area contributed by atoms with E-state index in [2.05, 4.69) is 5.32 Å². The van der Waals surface area contributed by atoms with Gasteiger partial charge in [-0.1, -0.05) is 54.1 Å². The van der Waals surface area contributed by atoms with Gasteiger partial charge in [0.2, 0.25) is 5.91 Å². The first-order valence-electron chi connectivity index (χ1n) is 10.9. The van der Waals surface area contributed by atoms with Crippen molar-refractivity contribution in [1.82, 2.24) is 4.90 Å². The molecular formula is C27H23ClN2O4S. The number of thioether (sulfide) groups is 1. The summed E-state index contributed by atoms with van der Waals surface area (Å²) in [5.74, 6) is -0.268. The molecule has 1 aliphatic rings. The smallest absolute Gasteiger partial charge is 0.294 e. The fourth-order valence-electron chi connectivity index (χ4n) is 3.44. The minimum atomic E-state index is -0.491. The number of carbonyl (C=O) groups is 3. The summed E-state index contributed by atoms with van der Waals surface area (Å²) in [5.41, 5.74) is 4.26. The summed E-state index contributed by atoms with van der Waals surface area (Å²) in [6, 6.07) is 20.2. The summed E-state index contributed by atoms with van der Waals surface area (Å²) in [6.45, 7) is 3.84. The molecular weight excluding hydrogens is 484 g/mol. The van der Waals surface area contributed by atoms with Crippen molar-refractivity contribution >= 4 is 52.2 Å². The molecule has 1 aliphatic heterocycles. The third-order valence-corrected chi connectivity index (χ3v) is 6.86. The molecule has 0 aliphatic carbocycles. The number of carbonyl (C=O) groups excluding carboxylic acids is 3. The quantitative estimate of drug-likeness (QED) is 0.385. The lowest BCUT2D eigenvalue weighted by Gasteiger charge is -2.14. The highest BCUT2D eigenvalue weighted by Crippen LogP contribution is 2.32. The first-order chi connectivity index (χ1) is 16.8. The molecule has 35 heavy (non-hydrogen) atoms. The van der Waals surface area contributed by atoms with E-state index in [1.54, 1.807) is 36.4 Å². The second kappa shape index (κ2) is 10.8. The summed E-state index contributed by atoms with van der Waals surface area (Å²) in [7, 11) is 0. The van der Waals surface area contributed by atoms with Crippen LogP contribution in [0.3, 0.4) is 0 Å². The van der Waals surface area contributed by atoms with Crippen molar-refractivity contribution < 1.29 is 19.1 Å². The van der Waals surface area contributed by atoms with Gasteiger partial charge in [-0.2, -0.15) is 0 Å². The molecule has 4 rings (SSSR count). The van der Waals surface area contributed by atoms with E-state index in [0.29, 0.717) is 23.1 Å². The maximum Gasteiger partial charge on any atom is 0.294 e. The summed E-state index contributed by atoms with van der Waals surface area (Å²) in [5, 5.41) is 2.95. The van der Waals surface area contributed by atoms with Gasteiger partial charge in [-0.15, -0.1) is 0 Å². The number of imide groups is 1. The van der Waals surface area contributed by atoms with Crippen LogP contribution in [0.2, 0.25) is 5.02 Å². The lowest BCUT2D eigenvalue weighted by molar-refractivity contribution is -0.127. The minimum absolute atomic E-state index is 0.263. The number of nitrogens with zero attached hydrogens (tertiary/aromatic N) is 1. The number of hydrogen-bond acceptors (Lipinski definition) is 5. The maximum atomic E-state index is 12.8. The normalized spacial score (nSPS) is 14.5. The van der Waals surface area contributed by atoms with Crippen LogP contribution < -0.4 is 10.1 Å². The minimum Gasteiger partial charge on any atom is -0.489 e. The van der Waals surface area contributed by atoms with Crippen molar-refractivity contribution in [3.63, 3.8) is 0 Å². The number of hydrogen-bond donors (Lipinski definition) is 1. The molecule has 6 nitrogen and oxygen atoms in total. The summed E-state index contributed by atoms with van der Waals surface area (Å²) in [4.78, 5) is 38.9. The molecule has 3 aromatic rings. The Hall–Kier alpha value is -3.55. The third kappa shape index (κ3) is 5.93. The van der Waals surface area contributed by atoms with E-state index in [4.69, 9.17) is 16.3 Å². The second-order valence-electron chi connectivity index (χ2n) is 8.01. The number of halogens is 1. The molecule has 0 saturated carbocycles. The Bertz CT molecular complexity index is 1320. The van der Waals surface area contributed by atoms with Gasteiger partial charge in [-0.25, -0.2) is 0 Å². The summed E-state index contributed by atoms with van der Waals surface area (Å²) in [6.07, 6.45) is 1.63. The molecule has 1 saturated heterocycles. The van der Waals surface area contributed by atoms with Gasteiger partial charge in [0, 0.05) is 16.3 Å². The molecule has 3 amide bonds. The Kier molecular flexibility index (Phi) is 7.58. The zero-order valence-electron chi connectivity index (χ0n) is 19.2. The molecule has 178 valence electrons. The van der Waals surface area contributed by atoms with Gasteiger partial charge in [-0.3, -0.25) is 19.3 Å². The maximum absolute atomic E-state index is 12.8.